The Morgan fingerprint density at radius 3 is 2.62 bits per heavy atom. The molecule has 0 fully saturated rings. The third-order valence-corrected chi connectivity index (χ3v) is 3.93. The highest BCUT2D eigenvalue weighted by Gasteiger charge is 2.18. The predicted octanol–water partition coefficient (Wildman–Crippen LogP) is 4.61. The summed E-state index contributed by atoms with van der Waals surface area (Å²) >= 11 is 6.17. The van der Waals surface area contributed by atoms with Gasteiger partial charge in [0.1, 0.15) is 0 Å². The average Bonchev–Trinajstić information content (AvgIpc) is 2.49. The van der Waals surface area contributed by atoms with Crippen LogP contribution < -0.4 is 5.73 Å². The normalized spacial score (nSPS) is 10.8. The van der Waals surface area contributed by atoms with E-state index in [4.69, 9.17) is 17.3 Å². The van der Waals surface area contributed by atoms with E-state index in [1.807, 2.05) is 43.3 Å². The lowest BCUT2D eigenvalue weighted by molar-refractivity contribution is 0.104. The molecule has 0 aliphatic heterocycles. The highest BCUT2D eigenvalue weighted by atomic mass is 35.5. The molecule has 0 radical (unpaired) electrons. The molecule has 104 valence electrons. The van der Waals surface area contributed by atoms with Gasteiger partial charge >= 0.3 is 0 Å². The minimum absolute atomic E-state index is 0.0957. The lowest BCUT2D eigenvalue weighted by Crippen LogP contribution is -2.06. The number of carbonyl (C=O) groups is 1. The Bertz CT molecular complexity index is 855. The van der Waals surface area contributed by atoms with Gasteiger partial charge in [-0.3, -0.25) is 4.79 Å². The molecular weight excluding hydrogens is 282 g/mol. The van der Waals surface area contributed by atoms with Crippen LogP contribution in [0, 0.1) is 6.92 Å². The number of anilines is 1. The van der Waals surface area contributed by atoms with Crippen LogP contribution in [0.4, 0.5) is 5.69 Å². The first-order chi connectivity index (χ1) is 10.1. The second kappa shape index (κ2) is 5.23. The molecule has 3 aromatic carbocycles. The van der Waals surface area contributed by atoms with Crippen molar-refractivity contribution >= 4 is 33.8 Å². The smallest absolute Gasteiger partial charge is 0.195 e. The fraction of sp³-hybridized carbons (Fsp3) is 0.0556. The van der Waals surface area contributed by atoms with E-state index in [0.29, 0.717) is 21.8 Å². The number of rotatable bonds is 2. The summed E-state index contributed by atoms with van der Waals surface area (Å²) in [5.41, 5.74) is 8.36. The fourth-order valence-electron chi connectivity index (χ4n) is 2.53. The number of halogens is 1. The summed E-state index contributed by atoms with van der Waals surface area (Å²) in [6.07, 6.45) is 0. The van der Waals surface area contributed by atoms with Gasteiger partial charge in [0, 0.05) is 16.8 Å². The molecule has 0 heterocycles. The number of fused-ring (bicyclic) bond motifs is 1. The molecule has 0 unspecified atom stereocenters. The fourth-order valence-corrected chi connectivity index (χ4v) is 2.74. The Balaban J connectivity index is 2.27. The summed E-state index contributed by atoms with van der Waals surface area (Å²) < 4.78 is 0. The molecule has 0 aromatic heterocycles. The number of nitrogen functional groups attached to an aromatic ring is 1. The van der Waals surface area contributed by atoms with Gasteiger partial charge in [-0.2, -0.15) is 0 Å². The Morgan fingerprint density at radius 1 is 1.05 bits per heavy atom. The molecule has 0 aliphatic carbocycles. The molecule has 0 saturated carbocycles. The zero-order valence-corrected chi connectivity index (χ0v) is 12.3. The van der Waals surface area contributed by atoms with Crippen molar-refractivity contribution in [2.45, 2.75) is 6.92 Å². The minimum Gasteiger partial charge on any atom is -0.399 e. The van der Waals surface area contributed by atoms with Crippen molar-refractivity contribution in [3.8, 4) is 0 Å². The average molecular weight is 296 g/mol. The molecule has 3 heteroatoms. The highest BCUT2D eigenvalue weighted by molar-refractivity contribution is 6.35. The third kappa shape index (κ3) is 2.39. The largest absolute Gasteiger partial charge is 0.399 e. The molecule has 3 aromatic rings. The van der Waals surface area contributed by atoms with Gasteiger partial charge in [-0.1, -0.05) is 48.0 Å². The summed E-state index contributed by atoms with van der Waals surface area (Å²) in [5, 5.41) is 2.38. The van der Waals surface area contributed by atoms with Gasteiger partial charge in [0.05, 0.1) is 5.02 Å². The first-order valence-electron chi connectivity index (χ1n) is 6.66. The zero-order valence-electron chi connectivity index (χ0n) is 11.6. The van der Waals surface area contributed by atoms with Crippen molar-refractivity contribution in [3.05, 3.63) is 76.3 Å². The van der Waals surface area contributed by atoms with Crippen LogP contribution in [0.2, 0.25) is 5.02 Å². The van der Waals surface area contributed by atoms with Crippen molar-refractivity contribution in [2.75, 3.05) is 5.73 Å². The number of hydrogen-bond acceptors (Lipinski definition) is 2. The number of hydrogen-bond donors (Lipinski definition) is 1. The topological polar surface area (TPSA) is 43.1 Å². The molecule has 0 bridgehead atoms. The summed E-state index contributed by atoms with van der Waals surface area (Å²) in [5.74, 6) is -0.0957. The molecule has 2 N–H and O–H groups in total. The van der Waals surface area contributed by atoms with Crippen LogP contribution >= 0.6 is 11.6 Å². The van der Waals surface area contributed by atoms with E-state index < -0.39 is 0 Å². The van der Waals surface area contributed by atoms with Gasteiger partial charge < -0.3 is 5.73 Å². The lowest BCUT2D eigenvalue weighted by atomic mass is 9.93. The maximum absolute atomic E-state index is 12.9. The van der Waals surface area contributed by atoms with E-state index in [9.17, 15) is 4.79 Å². The zero-order chi connectivity index (χ0) is 15.0. The van der Waals surface area contributed by atoms with Crippen molar-refractivity contribution < 1.29 is 4.79 Å². The first kappa shape index (κ1) is 13.7. The molecule has 0 saturated heterocycles. The molecule has 0 atom stereocenters. The van der Waals surface area contributed by atoms with Crippen molar-refractivity contribution in [3.63, 3.8) is 0 Å². The van der Waals surface area contributed by atoms with Crippen molar-refractivity contribution in [1.29, 1.82) is 0 Å². The second-order valence-electron chi connectivity index (χ2n) is 5.05. The van der Waals surface area contributed by atoms with Crippen LogP contribution in [0.5, 0.6) is 0 Å². The molecule has 21 heavy (non-hydrogen) atoms. The van der Waals surface area contributed by atoms with E-state index in [-0.39, 0.29) is 5.78 Å². The van der Waals surface area contributed by atoms with Gasteiger partial charge in [0.15, 0.2) is 5.78 Å². The molecular formula is C18H14ClNO. The maximum Gasteiger partial charge on any atom is 0.195 e. The van der Waals surface area contributed by atoms with E-state index in [0.717, 1.165) is 16.3 Å². The van der Waals surface area contributed by atoms with Gasteiger partial charge in [0.2, 0.25) is 0 Å². The minimum atomic E-state index is -0.0957. The van der Waals surface area contributed by atoms with Crippen LogP contribution in [0.15, 0.2) is 54.6 Å². The summed E-state index contributed by atoms with van der Waals surface area (Å²) in [6, 6.07) is 16.8. The summed E-state index contributed by atoms with van der Waals surface area (Å²) in [7, 11) is 0. The number of ketones is 1. The van der Waals surface area contributed by atoms with Gasteiger partial charge in [0.25, 0.3) is 0 Å². The number of aryl methyl sites for hydroxylation is 1. The van der Waals surface area contributed by atoms with Gasteiger partial charge in [-0.15, -0.1) is 0 Å². The molecule has 2 nitrogen and oxygen atoms in total. The Morgan fingerprint density at radius 2 is 1.81 bits per heavy atom. The van der Waals surface area contributed by atoms with Crippen LogP contribution in [0.1, 0.15) is 21.5 Å². The second-order valence-corrected chi connectivity index (χ2v) is 5.45. The highest BCUT2D eigenvalue weighted by Crippen LogP contribution is 2.28. The lowest BCUT2D eigenvalue weighted by Gasteiger charge is -2.11. The van der Waals surface area contributed by atoms with E-state index >= 15 is 0 Å². The van der Waals surface area contributed by atoms with Crippen LogP contribution in [-0.4, -0.2) is 5.78 Å². The SMILES string of the molecule is Cc1ccc2ccccc2c1C(=O)c1cc(N)ccc1Cl. The Kier molecular flexibility index (Phi) is 3.40. The van der Waals surface area contributed by atoms with Gasteiger partial charge in [-0.05, 0) is 41.5 Å². The Labute approximate surface area is 128 Å². The summed E-state index contributed by atoms with van der Waals surface area (Å²) in [4.78, 5) is 12.9. The summed E-state index contributed by atoms with van der Waals surface area (Å²) in [6.45, 7) is 1.93. The molecule has 0 amide bonds. The van der Waals surface area contributed by atoms with E-state index in [1.54, 1.807) is 18.2 Å². The Hall–Kier alpha value is -2.32. The molecule has 0 aliphatic rings. The molecule has 0 spiro atoms. The van der Waals surface area contributed by atoms with Crippen LogP contribution in [-0.2, 0) is 0 Å². The number of nitrogens with two attached hydrogens (primary N) is 1. The van der Waals surface area contributed by atoms with E-state index in [1.165, 1.54) is 0 Å². The van der Waals surface area contributed by atoms with Crippen molar-refractivity contribution in [1.82, 2.24) is 0 Å². The van der Waals surface area contributed by atoms with Crippen LogP contribution in [0.3, 0.4) is 0 Å². The van der Waals surface area contributed by atoms with Crippen molar-refractivity contribution in [2.24, 2.45) is 0 Å². The van der Waals surface area contributed by atoms with Gasteiger partial charge in [-0.25, -0.2) is 0 Å². The number of benzene rings is 3. The standard InChI is InChI=1S/C18H14ClNO/c1-11-6-7-12-4-2-3-5-14(12)17(11)18(21)15-10-13(20)8-9-16(15)19/h2-10H,20H2,1H3. The van der Waals surface area contributed by atoms with Crippen LogP contribution in [0.25, 0.3) is 10.8 Å². The predicted molar refractivity (Wildman–Crippen MR) is 88.0 cm³/mol. The first-order valence-corrected chi connectivity index (χ1v) is 7.04. The monoisotopic (exact) mass is 295 g/mol. The third-order valence-electron chi connectivity index (χ3n) is 3.60. The number of carbonyl (C=O) groups excluding carboxylic acids is 1. The maximum atomic E-state index is 12.9. The quantitative estimate of drug-likeness (QED) is 0.554. The molecule has 3 rings (SSSR count). The van der Waals surface area contributed by atoms with E-state index in [2.05, 4.69) is 0 Å².